The smallest absolute Gasteiger partial charge is 0.312 e. The molecular weight excluding hydrogens is 432 g/mol. The lowest BCUT2D eigenvalue weighted by atomic mass is 10.3. The molecule has 1 N–H and O–H groups in total. The normalized spacial score (nSPS) is 14.2. The van der Waals surface area contributed by atoms with E-state index in [4.69, 9.17) is 4.74 Å². The molecule has 1 fully saturated rings. The molecule has 0 unspecified atom stereocenters. The van der Waals surface area contributed by atoms with E-state index >= 15 is 0 Å². The number of carbonyl (C=O) groups excluding carboxylic acids is 1. The van der Waals surface area contributed by atoms with Crippen LogP contribution in [0.2, 0.25) is 0 Å². The number of hydrogen-bond donors (Lipinski definition) is 1. The number of rotatable bonds is 8. The van der Waals surface area contributed by atoms with Gasteiger partial charge in [0.25, 0.3) is 11.6 Å². The van der Waals surface area contributed by atoms with E-state index in [2.05, 4.69) is 5.32 Å². The van der Waals surface area contributed by atoms with Crippen molar-refractivity contribution in [3.8, 4) is 5.75 Å². The number of nitrogens with one attached hydrogen (secondary N) is 1. The van der Waals surface area contributed by atoms with Gasteiger partial charge in [-0.15, -0.1) is 0 Å². The van der Waals surface area contributed by atoms with Gasteiger partial charge >= 0.3 is 5.69 Å². The number of nitrogens with zero attached hydrogens (tertiary/aromatic N) is 3. The molecule has 0 atom stereocenters. The van der Waals surface area contributed by atoms with E-state index in [9.17, 15) is 33.4 Å². The molecule has 0 aromatic heterocycles. The first-order valence-electron chi connectivity index (χ1n) is 9.14. The molecule has 12 nitrogen and oxygen atoms in total. The molecule has 1 aliphatic heterocycles. The van der Waals surface area contributed by atoms with Crippen molar-refractivity contribution in [2.24, 2.45) is 0 Å². The largest absolute Gasteiger partial charge is 0.477 e. The van der Waals surface area contributed by atoms with Crippen LogP contribution in [0.1, 0.15) is 12.8 Å². The van der Waals surface area contributed by atoms with Crippen molar-refractivity contribution in [2.45, 2.75) is 17.7 Å². The number of nitro groups is 2. The molecule has 2 aromatic carbocycles. The minimum atomic E-state index is -3.85. The first-order chi connectivity index (χ1) is 14.7. The second-order valence-corrected chi connectivity index (χ2v) is 8.58. The second kappa shape index (κ2) is 9.06. The van der Waals surface area contributed by atoms with Gasteiger partial charge in [-0.1, -0.05) is 0 Å². The van der Waals surface area contributed by atoms with Gasteiger partial charge in [0.1, 0.15) is 0 Å². The van der Waals surface area contributed by atoms with Crippen LogP contribution in [0, 0.1) is 20.2 Å². The third-order valence-electron chi connectivity index (χ3n) is 4.55. The first-order valence-corrected chi connectivity index (χ1v) is 10.6. The highest BCUT2D eigenvalue weighted by Crippen LogP contribution is 2.31. The van der Waals surface area contributed by atoms with E-state index in [1.165, 1.54) is 34.6 Å². The number of nitro benzene ring substituents is 2. The number of anilines is 1. The lowest BCUT2D eigenvalue weighted by molar-refractivity contribution is -0.386. The van der Waals surface area contributed by atoms with Crippen LogP contribution in [-0.2, 0) is 14.8 Å². The van der Waals surface area contributed by atoms with Gasteiger partial charge in [0.05, 0.1) is 14.7 Å². The quantitative estimate of drug-likeness (QED) is 0.473. The number of ether oxygens (including phenoxy) is 1. The number of carbonyl (C=O) groups is 1. The molecule has 1 saturated heterocycles. The molecule has 0 bridgehead atoms. The summed E-state index contributed by atoms with van der Waals surface area (Å²) in [5.74, 6) is -0.916. The fraction of sp³-hybridized carbons (Fsp3) is 0.278. The molecule has 2 aromatic rings. The Labute approximate surface area is 176 Å². The monoisotopic (exact) mass is 450 g/mol. The average molecular weight is 450 g/mol. The summed E-state index contributed by atoms with van der Waals surface area (Å²) in [6.07, 6.45) is 1.46. The summed E-state index contributed by atoms with van der Waals surface area (Å²) in [7, 11) is -3.85. The van der Waals surface area contributed by atoms with Gasteiger partial charge in [-0.25, -0.2) is 8.42 Å². The van der Waals surface area contributed by atoms with Crippen molar-refractivity contribution < 1.29 is 27.8 Å². The van der Waals surface area contributed by atoms with Gasteiger partial charge in [-0.3, -0.25) is 25.0 Å². The van der Waals surface area contributed by atoms with Crippen LogP contribution in [0.15, 0.2) is 47.4 Å². The van der Waals surface area contributed by atoms with Crippen LogP contribution in [-0.4, -0.2) is 48.2 Å². The maximum absolute atomic E-state index is 12.6. The highest BCUT2D eigenvalue weighted by atomic mass is 32.2. The van der Waals surface area contributed by atoms with Crippen LogP contribution in [0.5, 0.6) is 5.75 Å². The Kier molecular flexibility index (Phi) is 6.46. The summed E-state index contributed by atoms with van der Waals surface area (Å²) >= 11 is 0. The Morgan fingerprint density at radius 2 is 1.68 bits per heavy atom. The molecule has 0 saturated carbocycles. The van der Waals surface area contributed by atoms with E-state index in [0.29, 0.717) is 13.1 Å². The molecular formula is C18H18N4O8S. The van der Waals surface area contributed by atoms with Crippen LogP contribution >= 0.6 is 0 Å². The van der Waals surface area contributed by atoms with E-state index in [0.717, 1.165) is 25.0 Å². The summed E-state index contributed by atoms with van der Waals surface area (Å²) in [5, 5.41) is 24.5. The third-order valence-corrected chi connectivity index (χ3v) is 6.45. The van der Waals surface area contributed by atoms with E-state index < -0.39 is 38.1 Å². The molecule has 1 amide bonds. The number of non-ortho nitro benzene ring substituents is 1. The minimum Gasteiger partial charge on any atom is -0.477 e. The first kappa shape index (κ1) is 22.1. The zero-order chi connectivity index (χ0) is 22.6. The van der Waals surface area contributed by atoms with Gasteiger partial charge in [0.2, 0.25) is 10.0 Å². The highest BCUT2D eigenvalue weighted by molar-refractivity contribution is 7.89. The van der Waals surface area contributed by atoms with E-state index in [-0.39, 0.29) is 22.0 Å². The molecule has 1 aliphatic rings. The predicted octanol–water partition coefficient (Wildman–Crippen LogP) is 2.31. The van der Waals surface area contributed by atoms with Crippen LogP contribution < -0.4 is 10.1 Å². The van der Waals surface area contributed by atoms with Gasteiger partial charge in [-0.2, -0.15) is 4.31 Å². The standard InChI is InChI=1S/C18H18N4O8S/c23-18(19-13-3-5-14(6-4-13)21(24)25)12-30-17-8-7-15(11-16(17)22(26)27)31(28,29)20-9-1-2-10-20/h3-8,11H,1-2,9-10,12H2,(H,19,23). The van der Waals surface area contributed by atoms with E-state index in [1.54, 1.807) is 0 Å². The van der Waals surface area contributed by atoms with Gasteiger partial charge < -0.3 is 10.1 Å². The SMILES string of the molecule is O=C(COc1ccc(S(=O)(=O)N2CCCC2)cc1[N+](=O)[O-])Nc1ccc([N+](=O)[O-])cc1. The summed E-state index contributed by atoms with van der Waals surface area (Å²) in [6.45, 7) is 0.129. The molecule has 1 heterocycles. The van der Waals surface area contributed by atoms with Crippen molar-refractivity contribution >= 4 is 33.0 Å². The van der Waals surface area contributed by atoms with Crippen molar-refractivity contribution in [3.05, 3.63) is 62.7 Å². The molecule has 0 spiro atoms. The zero-order valence-corrected chi connectivity index (χ0v) is 16.9. The number of amides is 1. The minimum absolute atomic E-state index is 0.145. The van der Waals surface area contributed by atoms with E-state index in [1.807, 2.05) is 0 Å². The summed E-state index contributed by atoms with van der Waals surface area (Å²) < 4.78 is 31.7. The molecule has 0 aliphatic carbocycles. The highest BCUT2D eigenvalue weighted by Gasteiger charge is 2.30. The van der Waals surface area contributed by atoms with Crippen molar-refractivity contribution in [2.75, 3.05) is 25.0 Å². The van der Waals surface area contributed by atoms with Crippen LogP contribution in [0.3, 0.4) is 0 Å². The molecule has 3 rings (SSSR count). The maximum atomic E-state index is 12.6. The molecule has 164 valence electrons. The second-order valence-electron chi connectivity index (χ2n) is 6.64. The van der Waals surface area contributed by atoms with Crippen molar-refractivity contribution in [1.82, 2.24) is 4.31 Å². The molecule has 0 radical (unpaired) electrons. The fourth-order valence-electron chi connectivity index (χ4n) is 3.01. The van der Waals surface area contributed by atoms with Gasteiger partial charge in [-0.05, 0) is 37.1 Å². The van der Waals surface area contributed by atoms with Crippen LogP contribution in [0.25, 0.3) is 0 Å². The predicted molar refractivity (Wildman–Crippen MR) is 108 cm³/mol. The van der Waals surface area contributed by atoms with Crippen molar-refractivity contribution in [3.63, 3.8) is 0 Å². The molecule has 13 heteroatoms. The Hall–Kier alpha value is -3.58. The fourth-order valence-corrected chi connectivity index (χ4v) is 4.54. The topological polar surface area (TPSA) is 162 Å². The van der Waals surface area contributed by atoms with Crippen LogP contribution in [0.4, 0.5) is 17.1 Å². The molecule has 31 heavy (non-hydrogen) atoms. The Balaban J connectivity index is 1.70. The lowest BCUT2D eigenvalue weighted by Gasteiger charge is -2.16. The van der Waals surface area contributed by atoms with Gasteiger partial charge in [0, 0.05) is 37.0 Å². The Morgan fingerprint density at radius 1 is 1.03 bits per heavy atom. The number of sulfonamides is 1. The summed E-state index contributed by atoms with van der Waals surface area (Å²) in [4.78, 5) is 32.5. The van der Waals surface area contributed by atoms with Gasteiger partial charge in [0.15, 0.2) is 12.4 Å². The summed E-state index contributed by atoms with van der Waals surface area (Å²) in [6, 6.07) is 8.33. The zero-order valence-electron chi connectivity index (χ0n) is 16.1. The Bertz CT molecular complexity index is 1110. The number of hydrogen-bond acceptors (Lipinski definition) is 8. The third kappa shape index (κ3) is 5.13. The maximum Gasteiger partial charge on any atom is 0.312 e. The Morgan fingerprint density at radius 3 is 2.26 bits per heavy atom. The average Bonchev–Trinajstić information content (AvgIpc) is 3.28. The summed E-state index contributed by atoms with van der Waals surface area (Å²) in [5.41, 5.74) is -0.446. The number of benzene rings is 2. The van der Waals surface area contributed by atoms with Crippen molar-refractivity contribution in [1.29, 1.82) is 0 Å². The lowest BCUT2D eigenvalue weighted by Crippen LogP contribution is -2.28.